The molecule has 0 saturated carbocycles. The maximum absolute atomic E-state index is 12.3. The van der Waals surface area contributed by atoms with Crippen molar-refractivity contribution >= 4 is 17.5 Å². The van der Waals surface area contributed by atoms with E-state index in [0.717, 1.165) is 29.9 Å². The van der Waals surface area contributed by atoms with Crippen LogP contribution in [-0.4, -0.2) is 28.1 Å². The van der Waals surface area contributed by atoms with E-state index in [4.69, 9.17) is 0 Å². The second-order valence-electron chi connectivity index (χ2n) is 4.49. The SMILES string of the molecule is CCc1nnc(NC(=O)c2ccccc2NC)nc1CC. The van der Waals surface area contributed by atoms with Crippen LogP contribution in [-0.2, 0) is 12.8 Å². The second kappa shape index (κ2) is 6.78. The first-order valence-electron chi connectivity index (χ1n) is 7.00. The Kier molecular flexibility index (Phi) is 4.81. The van der Waals surface area contributed by atoms with E-state index in [9.17, 15) is 4.79 Å². The average molecular weight is 285 g/mol. The van der Waals surface area contributed by atoms with Gasteiger partial charge in [0.2, 0.25) is 5.95 Å². The molecule has 110 valence electrons. The Labute approximate surface area is 124 Å². The Morgan fingerprint density at radius 1 is 1.10 bits per heavy atom. The second-order valence-corrected chi connectivity index (χ2v) is 4.49. The molecule has 1 aromatic carbocycles. The number of aryl methyl sites for hydroxylation is 2. The number of nitrogens with zero attached hydrogens (tertiary/aromatic N) is 3. The molecule has 2 aromatic rings. The van der Waals surface area contributed by atoms with Crippen LogP contribution in [0.4, 0.5) is 11.6 Å². The van der Waals surface area contributed by atoms with Gasteiger partial charge in [-0.1, -0.05) is 26.0 Å². The average Bonchev–Trinajstić information content (AvgIpc) is 2.54. The summed E-state index contributed by atoms with van der Waals surface area (Å²) >= 11 is 0. The number of rotatable bonds is 5. The molecule has 0 saturated heterocycles. The van der Waals surface area contributed by atoms with Gasteiger partial charge < -0.3 is 5.32 Å². The van der Waals surface area contributed by atoms with Crippen molar-refractivity contribution in [1.29, 1.82) is 0 Å². The minimum absolute atomic E-state index is 0.236. The number of amides is 1. The van der Waals surface area contributed by atoms with Gasteiger partial charge in [0.15, 0.2) is 0 Å². The molecular weight excluding hydrogens is 266 g/mol. The first-order chi connectivity index (χ1) is 10.2. The van der Waals surface area contributed by atoms with Crippen LogP contribution >= 0.6 is 0 Å². The van der Waals surface area contributed by atoms with Gasteiger partial charge in [0.05, 0.1) is 17.0 Å². The smallest absolute Gasteiger partial charge is 0.260 e. The number of carbonyl (C=O) groups excluding carboxylic acids is 1. The maximum Gasteiger partial charge on any atom is 0.260 e. The highest BCUT2D eigenvalue weighted by Gasteiger charge is 2.13. The van der Waals surface area contributed by atoms with E-state index in [2.05, 4.69) is 25.8 Å². The number of anilines is 2. The van der Waals surface area contributed by atoms with E-state index in [1.54, 1.807) is 13.1 Å². The van der Waals surface area contributed by atoms with Crippen molar-refractivity contribution in [3.05, 3.63) is 41.2 Å². The van der Waals surface area contributed by atoms with Crippen LogP contribution in [0.3, 0.4) is 0 Å². The third-order valence-corrected chi connectivity index (χ3v) is 3.18. The lowest BCUT2D eigenvalue weighted by Crippen LogP contribution is -2.17. The molecule has 0 spiro atoms. The number of carbonyl (C=O) groups is 1. The maximum atomic E-state index is 12.3. The number of nitrogens with one attached hydrogen (secondary N) is 2. The van der Waals surface area contributed by atoms with E-state index in [-0.39, 0.29) is 11.9 Å². The third-order valence-electron chi connectivity index (χ3n) is 3.18. The van der Waals surface area contributed by atoms with Crippen molar-refractivity contribution in [3.63, 3.8) is 0 Å². The summed E-state index contributed by atoms with van der Waals surface area (Å²) in [5, 5.41) is 13.8. The zero-order valence-corrected chi connectivity index (χ0v) is 12.5. The molecule has 0 bridgehead atoms. The van der Waals surface area contributed by atoms with Crippen LogP contribution in [0, 0.1) is 0 Å². The summed E-state index contributed by atoms with van der Waals surface area (Å²) in [5.41, 5.74) is 3.03. The van der Waals surface area contributed by atoms with Crippen LogP contribution in [0.2, 0.25) is 0 Å². The number of aromatic nitrogens is 3. The summed E-state index contributed by atoms with van der Waals surface area (Å²) in [4.78, 5) is 16.6. The largest absolute Gasteiger partial charge is 0.387 e. The number of benzene rings is 1. The summed E-state index contributed by atoms with van der Waals surface area (Å²) in [6.45, 7) is 4.01. The van der Waals surface area contributed by atoms with Crippen LogP contribution < -0.4 is 10.6 Å². The summed E-state index contributed by atoms with van der Waals surface area (Å²) in [7, 11) is 1.77. The molecule has 0 unspecified atom stereocenters. The molecule has 2 rings (SSSR count). The van der Waals surface area contributed by atoms with Crippen LogP contribution in [0.1, 0.15) is 35.6 Å². The number of para-hydroxylation sites is 1. The van der Waals surface area contributed by atoms with Crippen molar-refractivity contribution in [2.45, 2.75) is 26.7 Å². The van der Waals surface area contributed by atoms with Crippen LogP contribution in [0.25, 0.3) is 0 Å². The van der Waals surface area contributed by atoms with E-state index in [1.807, 2.05) is 32.0 Å². The summed E-state index contributed by atoms with van der Waals surface area (Å²) in [6.07, 6.45) is 1.54. The fourth-order valence-electron chi connectivity index (χ4n) is 2.06. The molecular formula is C15H19N5O. The van der Waals surface area contributed by atoms with Gasteiger partial charge in [-0.15, -0.1) is 10.2 Å². The van der Waals surface area contributed by atoms with Gasteiger partial charge in [0, 0.05) is 12.7 Å². The molecule has 1 heterocycles. The Morgan fingerprint density at radius 3 is 2.48 bits per heavy atom. The lowest BCUT2D eigenvalue weighted by molar-refractivity contribution is 0.102. The first kappa shape index (κ1) is 14.9. The molecule has 21 heavy (non-hydrogen) atoms. The standard InChI is InChI=1S/C15H19N5O/c1-4-11-12(5-2)19-20-15(17-11)18-14(21)10-8-6-7-9-13(10)16-3/h6-9,16H,4-5H2,1-3H3,(H,17,18,20,21). The number of hydrogen-bond acceptors (Lipinski definition) is 5. The molecule has 2 N–H and O–H groups in total. The topological polar surface area (TPSA) is 79.8 Å². The number of hydrogen-bond donors (Lipinski definition) is 2. The molecule has 1 aromatic heterocycles. The lowest BCUT2D eigenvalue weighted by Gasteiger charge is -2.09. The first-order valence-corrected chi connectivity index (χ1v) is 7.00. The van der Waals surface area contributed by atoms with E-state index in [0.29, 0.717) is 5.56 Å². The molecule has 0 aliphatic heterocycles. The Morgan fingerprint density at radius 2 is 1.81 bits per heavy atom. The molecule has 6 nitrogen and oxygen atoms in total. The Hall–Kier alpha value is -2.50. The van der Waals surface area contributed by atoms with Gasteiger partial charge >= 0.3 is 0 Å². The van der Waals surface area contributed by atoms with Gasteiger partial charge in [-0.3, -0.25) is 10.1 Å². The molecule has 6 heteroatoms. The predicted molar refractivity (Wildman–Crippen MR) is 82.5 cm³/mol. The quantitative estimate of drug-likeness (QED) is 0.881. The van der Waals surface area contributed by atoms with E-state index < -0.39 is 0 Å². The van der Waals surface area contributed by atoms with Crippen molar-refractivity contribution in [3.8, 4) is 0 Å². The molecule has 1 amide bonds. The van der Waals surface area contributed by atoms with Crippen LogP contribution in [0.5, 0.6) is 0 Å². The fraction of sp³-hybridized carbons (Fsp3) is 0.333. The van der Waals surface area contributed by atoms with E-state index in [1.165, 1.54) is 0 Å². The summed E-state index contributed by atoms with van der Waals surface area (Å²) in [5.74, 6) is -0.0204. The van der Waals surface area contributed by atoms with Gasteiger partial charge in [0.1, 0.15) is 0 Å². The Bertz CT molecular complexity index is 642. The third kappa shape index (κ3) is 3.34. The van der Waals surface area contributed by atoms with Crippen molar-refractivity contribution in [1.82, 2.24) is 15.2 Å². The molecule has 0 fully saturated rings. The summed E-state index contributed by atoms with van der Waals surface area (Å²) in [6, 6.07) is 7.26. The zero-order chi connectivity index (χ0) is 15.2. The molecule has 0 atom stereocenters. The summed E-state index contributed by atoms with van der Waals surface area (Å²) < 4.78 is 0. The highest BCUT2D eigenvalue weighted by atomic mass is 16.1. The zero-order valence-electron chi connectivity index (χ0n) is 12.5. The monoisotopic (exact) mass is 285 g/mol. The lowest BCUT2D eigenvalue weighted by atomic mass is 10.1. The van der Waals surface area contributed by atoms with Gasteiger partial charge in [-0.05, 0) is 25.0 Å². The van der Waals surface area contributed by atoms with Gasteiger partial charge in [-0.25, -0.2) is 4.98 Å². The van der Waals surface area contributed by atoms with Crippen molar-refractivity contribution in [2.75, 3.05) is 17.7 Å². The van der Waals surface area contributed by atoms with Crippen LogP contribution in [0.15, 0.2) is 24.3 Å². The molecule has 0 aliphatic rings. The highest BCUT2D eigenvalue weighted by Crippen LogP contribution is 2.15. The van der Waals surface area contributed by atoms with Crippen molar-refractivity contribution < 1.29 is 4.79 Å². The molecule has 0 radical (unpaired) electrons. The van der Waals surface area contributed by atoms with Gasteiger partial charge in [0.25, 0.3) is 5.91 Å². The molecule has 0 aliphatic carbocycles. The minimum Gasteiger partial charge on any atom is -0.387 e. The van der Waals surface area contributed by atoms with Gasteiger partial charge in [-0.2, -0.15) is 0 Å². The normalized spacial score (nSPS) is 10.2. The predicted octanol–water partition coefficient (Wildman–Crippen LogP) is 2.29. The fourth-order valence-corrected chi connectivity index (χ4v) is 2.06. The minimum atomic E-state index is -0.256. The van der Waals surface area contributed by atoms with E-state index >= 15 is 0 Å². The van der Waals surface area contributed by atoms with Crippen molar-refractivity contribution in [2.24, 2.45) is 0 Å². The highest BCUT2D eigenvalue weighted by molar-refractivity contribution is 6.07. The Balaban J connectivity index is 2.23.